The van der Waals surface area contributed by atoms with Gasteiger partial charge in [0.05, 0.1) is 25.2 Å². The van der Waals surface area contributed by atoms with Crippen LogP contribution in [0.5, 0.6) is 0 Å². The highest BCUT2D eigenvalue weighted by molar-refractivity contribution is 5.85. The topological polar surface area (TPSA) is 179 Å². The molecule has 0 radical (unpaired) electrons. The maximum absolute atomic E-state index is 11.3. The molecule has 12 heteroatoms. The summed E-state index contributed by atoms with van der Waals surface area (Å²) in [6.45, 7) is 1.09. The van der Waals surface area contributed by atoms with E-state index in [-0.39, 0.29) is 18.0 Å². The Morgan fingerprint density at radius 2 is 1.17 bits per heavy atom. The lowest BCUT2D eigenvalue weighted by Crippen LogP contribution is -2.53. The number of nitrogens with zero attached hydrogens (tertiary/aromatic N) is 3. The van der Waals surface area contributed by atoms with E-state index in [0.29, 0.717) is 0 Å². The van der Waals surface area contributed by atoms with Gasteiger partial charge in [0.1, 0.15) is 0 Å². The van der Waals surface area contributed by atoms with Crippen molar-refractivity contribution in [2.24, 2.45) is 0 Å². The smallest absolute Gasteiger partial charge is 0.416 e. The van der Waals surface area contributed by atoms with Crippen molar-refractivity contribution >= 4 is 24.4 Å². The number of rotatable bonds is 8. The largest absolute Gasteiger partial charge is 0.465 e. The molecule has 4 amide bonds. The van der Waals surface area contributed by atoms with Crippen molar-refractivity contribution in [3.8, 4) is 0 Å². The van der Waals surface area contributed by atoms with Crippen LogP contribution in [0.3, 0.4) is 0 Å². The fourth-order valence-electron chi connectivity index (χ4n) is 2.04. The lowest BCUT2D eigenvalue weighted by atomic mass is 10.2. The minimum atomic E-state index is -1.75. The van der Waals surface area contributed by atoms with Crippen LogP contribution < -0.4 is 0 Å². The molecule has 2 atom stereocenters. The van der Waals surface area contributed by atoms with Crippen molar-refractivity contribution in [1.29, 1.82) is 0 Å². The molecule has 0 saturated carbocycles. The molecular formula is C12H21N3O9. The van der Waals surface area contributed by atoms with Crippen LogP contribution in [0.1, 0.15) is 13.8 Å². The summed E-state index contributed by atoms with van der Waals surface area (Å²) in [5.41, 5.74) is 0. The molecule has 0 aliphatic rings. The summed E-state index contributed by atoms with van der Waals surface area (Å²) in [4.78, 5) is 45.7. The second-order valence-electron chi connectivity index (χ2n) is 5.01. The average molecular weight is 351 g/mol. The summed E-state index contributed by atoms with van der Waals surface area (Å²) in [7, 11) is 0. The van der Waals surface area contributed by atoms with E-state index in [9.17, 15) is 24.3 Å². The number of imide groups is 1. The molecule has 0 saturated heterocycles. The Morgan fingerprint density at radius 3 is 1.50 bits per heavy atom. The standard InChI is InChI=1S/C12H21N3O9/c1-7(13(3-4-16)9(17)18)5-14(10(19)20)8(2)6-15(11(21)22)12(23)24/h7-8,16H,3-6H2,1-2H3,(H,17,18)(H,19,20)(H,21,22)(H,23,24). The molecule has 24 heavy (non-hydrogen) atoms. The summed E-state index contributed by atoms with van der Waals surface area (Å²) >= 11 is 0. The molecular weight excluding hydrogens is 330 g/mol. The van der Waals surface area contributed by atoms with Gasteiger partial charge in [-0.05, 0) is 13.8 Å². The predicted octanol–water partition coefficient (Wildman–Crippen LogP) is 0.374. The van der Waals surface area contributed by atoms with Crippen molar-refractivity contribution in [3.63, 3.8) is 0 Å². The SMILES string of the molecule is CC(CN(C(=O)O)C(C)CN(C(=O)O)C(=O)O)N(CCO)C(=O)O. The second kappa shape index (κ2) is 9.39. The first-order chi connectivity index (χ1) is 11.0. The molecule has 0 aliphatic carbocycles. The Hall–Kier alpha value is -2.76. The summed E-state index contributed by atoms with van der Waals surface area (Å²) in [6, 6.07) is -1.88. The van der Waals surface area contributed by atoms with E-state index in [4.69, 9.17) is 20.4 Å². The van der Waals surface area contributed by atoms with Crippen molar-refractivity contribution in [1.82, 2.24) is 14.7 Å². The number of amides is 4. The molecule has 5 N–H and O–H groups in total. The highest BCUT2D eigenvalue weighted by atomic mass is 16.4. The quantitative estimate of drug-likeness (QED) is 0.413. The minimum absolute atomic E-state index is 0.0357. The number of hydrogen-bond donors (Lipinski definition) is 5. The van der Waals surface area contributed by atoms with E-state index >= 15 is 0 Å². The van der Waals surface area contributed by atoms with Gasteiger partial charge < -0.3 is 35.3 Å². The van der Waals surface area contributed by atoms with E-state index in [1.54, 1.807) is 0 Å². The first-order valence-electron chi connectivity index (χ1n) is 6.86. The highest BCUT2D eigenvalue weighted by Gasteiger charge is 2.30. The van der Waals surface area contributed by atoms with Gasteiger partial charge >= 0.3 is 24.4 Å². The van der Waals surface area contributed by atoms with Crippen molar-refractivity contribution in [2.45, 2.75) is 25.9 Å². The lowest BCUT2D eigenvalue weighted by molar-refractivity contribution is 0.0727. The average Bonchev–Trinajstić information content (AvgIpc) is 2.45. The number of hydrogen-bond acceptors (Lipinski definition) is 5. The lowest BCUT2D eigenvalue weighted by Gasteiger charge is -2.34. The summed E-state index contributed by atoms with van der Waals surface area (Å²) in [5.74, 6) is 0. The fraction of sp³-hybridized carbons (Fsp3) is 0.667. The van der Waals surface area contributed by atoms with E-state index in [1.807, 2.05) is 0 Å². The van der Waals surface area contributed by atoms with Crippen molar-refractivity contribution in [3.05, 3.63) is 0 Å². The van der Waals surface area contributed by atoms with Gasteiger partial charge in [0.15, 0.2) is 0 Å². The van der Waals surface area contributed by atoms with Crippen LogP contribution in [0, 0.1) is 0 Å². The third kappa shape index (κ3) is 6.16. The Labute approximate surface area is 137 Å². The van der Waals surface area contributed by atoms with E-state index in [1.165, 1.54) is 13.8 Å². The first kappa shape index (κ1) is 21.2. The molecule has 0 aromatic heterocycles. The zero-order valence-corrected chi connectivity index (χ0v) is 13.2. The van der Waals surface area contributed by atoms with Crippen LogP contribution in [0.4, 0.5) is 19.2 Å². The molecule has 0 heterocycles. The molecule has 2 unspecified atom stereocenters. The van der Waals surface area contributed by atoms with Crippen LogP contribution in [-0.2, 0) is 0 Å². The molecule has 12 nitrogen and oxygen atoms in total. The fourth-order valence-corrected chi connectivity index (χ4v) is 2.04. The normalized spacial score (nSPS) is 12.8. The van der Waals surface area contributed by atoms with Crippen molar-refractivity contribution in [2.75, 3.05) is 26.2 Å². The van der Waals surface area contributed by atoms with Crippen LogP contribution in [0.2, 0.25) is 0 Å². The van der Waals surface area contributed by atoms with Crippen LogP contribution in [-0.4, -0.2) is 103 Å². The molecule has 0 fully saturated rings. The van der Waals surface area contributed by atoms with Crippen molar-refractivity contribution < 1.29 is 44.7 Å². The molecule has 0 aromatic carbocycles. The van der Waals surface area contributed by atoms with Gasteiger partial charge in [0.2, 0.25) is 0 Å². The molecule has 0 bridgehead atoms. The van der Waals surface area contributed by atoms with Gasteiger partial charge in [0, 0.05) is 13.1 Å². The summed E-state index contributed by atoms with van der Waals surface area (Å²) in [5, 5.41) is 44.7. The third-order valence-electron chi connectivity index (χ3n) is 3.27. The zero-order chi connectivity index (χ0) is 19.0. The van der Waals surface area contributed by atoms with E-state index < -0.39 is 49.6 Å². The molecule has 138 valence electrons. The first-order valence-corrected chi connectivity index (χ1v) is 6.86. The Kier molecular flexibility index (Phi) is 8.31. The highest BCUT2D eigenvalue weighted by Crippen LogP contribution is 2.09. The Bertz CT molecular complexity index is 470. The number of carbonyl (C=O) groups is 4. The predicted molar refractivity (Wildman–Crippen MR) is 78.2 cm³/mol. The monoisotopic (exact) mass is 351 g/mol. The van der Waals surface area contributed by atoms with E-state index in [2.05, 4.69) is 0 Å². The van der Waals surface area contributed by atoms with Crippen LogP contribution in [0.25, 0.3) is 0 Å². The van der Waals surface area contributed by atoms with Gasteiger partial charge in [-0.2, -0.15) is 0 Å². The van der Waals surface area contributed by atoms with Crippen LogP contribution >= 0.6 is 0 Å². The molecule has 0 spiro atoms. The minimum Gasteiger partial charge on any atom is -0.465 e. The number of carboxylic acid groups (broad SMARTS) is 4. The summed E-state index contributed by atoms with van der Waals surface area (Å²) < 4.78 is 0. The van der Waals surface area contributed by atoms with E-state index in [0.717, 1.165) is 9.80 Å². The Balaban J connectivity index is 5.14. The van der Waals surface area contributed by atoms with Gasteiger partial charge in [0.25, 0.3) is 0 Å². The van der Waals surface area contributed by atoms with Gasteiger partial charge in [-0.3, -0.25) is 0 Å². The van der Waals surface area contributed by atoms with Gasteiger partial charge in [-0.25, -0.2) is 24.1 Å². The van der Waals surface area contributed by atoms with Crippen LogP contribution in [0.15, 0.2) is 0 Å². The second-order valence-corrected chi connectivity index (χ2v) is 5.01. The molecule has 0 aromatic rings. The molecule has 0 aliphatic heterocycles. The Morgan fingerprint density at radius 1 is 0.750 bits per heavy atom. The maximum atomic E-state index is 11.3. The number of aliphatic hydroxyl groups is 1. The molecule has 0 rings (SSSR count). The van der Waals surface area contributed by atoms with Gasteiger partial charge in [-0.15, -0.1) is 0 Å². The summed E-state index contributed by atoms with van der Waals surface area (Å²) in [6.07, 6.45) is -6.31. The third-order valence-corrected chi connectivity index (χ3v) is 3.27. The zero-order valence-electron chi connectivity index (χ0n) is 13.2. The number of aliphatic hydroxyl groups excluding tert-OH is 1. The van der Waals surface area contributed by atoms with Gasteiger partial charge in [-0.1, -0.05) is 0 Å². The maximum Gasteiger partial charge on any atom is 0.416 e.